The lowest BCUT2D eigenvalue weighted by Gasteiger charge is -2.10. The van der Waals surface area contributed by atoms with Gasteiger partial charge < -0.3 is 15.1 Å². The van der Waals surface area contributed by atoms with Gasteiger partial charge in [-0.25, -0.2) is 0 Å². The average molecular weight is 295 g/mol. The first-order valence-electron chi connectivity index (χ1n) is 8.10. The highest BCUT2D eigenvalue weighted by atomic mass is 16.5. The fourth-order valence-electron chi connectivity index (χ4n) is 2.33. The molecule has 0 unspecified atom stereocenters. The Labute approximate surface area is 128 Å². The van der Waals surface area contributed by atoms with Gasteiger partial charge in [-0.3, -0.25) is 0 Å². The van der Waals surface area contributed by atoms with Gasteiger partial charge in [0.1, 0.15) is 5.75 Å². The van der Waals surface area contributed by atoms with Crippen LogP contribution in [-0.2, 0) is 0 Å². The molecule has 0 spiro atoms. The van der Waals surface area contributed by atoms with Gasteiger partial charge in [0.05, 0.1) is 12.2 Å². The Morgan fingerprint density at radius 1 is 1.00 bits per heavy atom. The van der Waals surface area contributed by atoms with Crippen LogP contribution in [0.3, 0.4) is 0 Å². The molecule has 1 heterocycles. The minimum atomic E-state index is 0.321. The summed E-state index contributed by atoms with van der Waals surface area (Å²) in [6.45, 7) is 4.77. The van der Waals surface area contributed by atoms with Crippen molar-refractivity contribution in [3.8, 4) is 5.75 Å². The SMILES string of the molecule is Cc1c(OCCCCCCCCCCO)cc[n+]([O-])c1C. The predicted molar refractivity (Wildman–Crippen MR) is 84.4 cm³/mol. The molecule has 0 aliphatic heterocycles. The smallest absolute Gasteiger partial charge is 0.196 e. The third-order valence-electron chi connectivity index (χ3n) is 3.91. The molecule has 0 saturated carbocycles. The second-order valence-electron chi connectivity index (χ2n) is 5.62. The summed E-state index contributed by atoms with van der Waals surface area (Å²) in [5.41, 5.74) is 1.63. The van der Waals surface area contributed by atoms with Crippen LogP contribution < -0.4 is 9.47 Å². The Morgan fingerprint density at radius 2 is 1.57 bits per heavy atom. The topological polar surface area (TPSA) is 56.4 Å². The van der Waals surface area contributed by atoms with Gasteiger partial charge in [-0.15, -0.1) is 0 Å². The Bertz CT molecular complexity index is 407. The van der Waals surface area contributed by atoms with Crippen molar-refractivity contribution < 1.29 is 14.6 Å². The molecule has 1 rings (SSSR count). The van der Waals surface area contributed by atoms with Gasteiger partial charge in [0.15, 0.2) is 11.9 Å². The van der Waals surface area contributed by atoms with Gasteiger partial charge in [-0.1, -0.05) is 38.5 Å². The van der Waals surface area contributed by atoms with Gasteiger partial charge in [0.2, 0.25) is 0 Å². The molecule has 1 aromatic heterocycles. The van der Waals surface area contributed by atoms with Crippen molar-refractivity contribution in [2.75, 3.05) is 13.2 Å². The quantitative estimate of drug-likeness (QED) is 0.386. The number of ether oxygens (including phenoxy) is 1. The number of rotatable bonds is 11. The minimum Gasteiger partial charge on any atom is -0.618 e. The van der Waals surface area contributed by atoms with Crippen LogP contribution in [0.4, 0.5) is 0 Å². The third kappa shape index (κ3) is 6.80. The van der Waals surface area contributed by atoms with Crippen LogP contribution in [0.2, 0.25) is 0 Å². The van der Waals surface area contributed by atoms with E-state index in [0.29, 0.717) is 18.9 Å². The molecule has 4 nitrogen and oxygen atoms in total. The molecule has 0 aromatic carbocycles. The van der Waals surface area contributed by atoms with Crippen LogP contribution in [0.25, 0.3) is 0 Å². The average Bonchev–Trinajstić information content (AvgIpc) is 2.49. The monoisotopic (exact) mass is 295 g/mol. The molecule has 0 aliphatic carbocycles. The molecule has 0 amide bonds. The Morgan fingerprint density at radius 3 is 2.19 bits per heavy atom. The summed E-state index contributed by atoms with van der Waals surface area (Å²) in [6, 6.07) is 1.75. The molecule has 0 radical (unpaired) electrons. The van der Waals surface area contributed by atoms with Gasteiger partial charge >= 0.3 is 0 Å². The zero-order valence-electron chi connectivity index (χ0n) is 13.4. The van der Waals surface area contributed by atoms with E-state index < -0.39 is 0 Å². The maximum absolute atomic E-state index is 11.4. The summed E-state index contributed by atoms with van der Waals surface area (Å²) in [5, 5.41) is 20.1. The van der Waals surface area contributed by atoms with Gasteiger partial charge in [-0.2, -0.15) is 4.73 Å². The maximum Gasteiger partial charge on any atom is 0.196 e. The summed E-state index contributed by atoms with van der Waals surface area (Å²) in [5.74, 6) is 0.823. The molecule has 0 atom stereocenters. The van der Waals surface area contributed by atoms with Crippen LogP contribution in [0.15, 0.2) is 12.3 Å². The normalized spacial score (nSPS) is 10.8. The fourth-order valence-corrected chi connectivity index (χ4v) is 2.33. The summed E-state index contributed by atoms with van der Waals surface area (Å²) in [4.78, 5) is 0. The first-order chi connectivity index (χ1) is 10.2. The van der Waals surface area contributed by atoms with E-state index in [4.69, 9.17) is 9.84 Å². The molecule has 120 valence electrons. The second-order valence-corrected chi connectivity index (χ2v) is 5.62. The molecule has 4 heteroatoms. The first kappa shape index (κ1) is 17.8. The van der Waals surface area contributed by atoms with Crippen molar-refractivity contribution in [1.82, 2.24) is 0 Å². The van der Waals surface area contributed by atoms with Gasteiger partial charge in [0, 0.05) is 19.6 Å². The van der Waals surface area contributed by atoms with E-state index in [-0.39, 0.29) is 0 Å². The van der Waals surface area contributed by atoms with Crippen molar-refractivity contribution in [3.05, 3.63) is 28.7 Å². The van der Waals surface area contributed by atoms with Crippen molar-refractivity contribution in [1.29, 1.82) is 0 Å². The summed E-state index contributed by atoms with van der Waals surface area (Å²) < 4.78 is 6.63. The van der Waals surface area contributed by atoms with E-state index in [1.165, 1.54) is 38.3 Å². The zero-order chi connectivity index (χ0) is 15.5. The van der Waals surface area contributed by atoms with Crippen LogP contribution in [0.5, 0.6) is 5.75 Å². The fraction of sp³-hybridized carbons (Fsp3) is 0.706. The van der Waals surface area contributed by atoms with Crippen molar-refractivity contribution >= 4 is 0 Å². The van der Waals surface area contributed by atoms with Crippen LogP contribution in [-0.4, -0.2) is 18.3 Å². The molecule has 0 aliphatic rings. The van der Waals surface area contributed by atoms with Crippen LogP contribution >= 0.6 is 0 Å². The minimum absolute atomic E-state index is 0.321. The molecule has 1 N–H and O–H groups in total. The number of hydrogen-bond acceptors (Lipinski definition) is 3. The third-order valence-corrected chi connectivity index (χ3v) is 3.91. The number of aliphatic hydroxyl groups is 1. The van der Waals surface area contributed by atoms with Crippen molar-refractivity contribution in [2.45, 2.75) is 65.2 Å². The van der Waals surface area contributed by atoms with Gasteiger partial charge in [-0.05, 0) is 19.8 Å². The molecule has 0 saturated heterocycles. The number of aromatic nitrogens is 1. The maximum atomic E-state index is 11.4. The number of pyridine rings is 1. The molecule has 0 bridgehead atoms. The second kappa shape index (κ2) is 10.4. The molecule has 0 fully saturated rings. The number of unbranched alkanes of at least 4 members (excludes halogenated alkanes) is 7. The van der Waals surface area contributed by atoms with E-state index in [2.05, 4.69) is 0 Å². The highest BCUT2D eigenvalue weighted by Crippen LogP contribution is 2.18. The summed E-state index contributed by atoms with van der Waals surface area (Å²) in [6.07, 6.45) is 10.8. The van der Waals surface area contributed by atoms with Crippen LogP contribution in [0.1, 0.15) is 62.6 Å². The summed E-state index contributed by atoms with van der Waals surface area (Å²) in [7, 11) is 0. The van der Waals surface area contributed by atoms with Gasteiger partial charge in [0.25, 0.3) is 0 Å². The number of hydrogen-bond donors (Lipinski definition) is 1. The highest BCUT2D eigenvalue weighted by molar-refractivity contribution is 5.31. The molecule has 21 heavy (non-hydrogen) atoms. The van der Waals surface area contributed by atoms with E-state index in [1.54, 1.807) is 6.07 Å². The molecular weight excluding hydrogens is 266 g/mol. The van der Waals surface area contributed by atoms with E-state index in [9.17, 15) is 5.21 Å². The molecule has 1 aromatic rings. The lowest BCUT2D eigenvalue weighted by Crippen LogP contribution is -2.30. The summed E-state index contributed by atoms with van der Waals surface area (Å²) >= 11 is 0. The Balaban J connectivity index is 2.06. The van der Waals surface area contributed by atoms with Crippen LogP contribution in [0, 0.1) is 19.1 Å². The van der Waals surface area contributed by atoms with E-state index in [1.807, 2.05) is 13.8 Å². The predicted octanol–water partition coefficient (Wildman–Crippen LogP) is 3.43. The standard InChI is InChI=1S/C17H29NO3/c1-15-16(2)18(20)12-11-17(15)21-14-10-8-6-4-3-5-7-9-13-19/h11-12,19H,3-10,13-14H2,1-2H3. The lowest BCUT2D eigenvalue weighted by molar-refractivity contribution is -0.612. The Kier molecular flexibility index (Phi) is 8.83. The number of aliphatic hydroxyl groups excluding tert-OH is 1. The van der Waals surface area contributed by atoms with E-state index >= 15 is 0 Å². The van der Waals surface area contributed by atoms with Crippen molar-refractivity contribution in [3.63, 3.8) is 0 Å². The zero-order valence-corrected chi connectivity index (χ0v) is 13.4. The largest absolute Gasteiger partial charge is 0.618 e. The van der Waals surface area contributed by atoms with E-state index in [0.717, 1.165) is 35.3 Å². The van der Waals surface area contributed by atoms with Crippen molar-refractivity contribution in [2.24, 2.45) is 0 Å². The highest BCUT2D eigenvalue weighted by Gasteiger charge is 2.09. The molecular formula is C17H29NO3. The first-order valence-corrected chi connectivity index (χ1v) is 8.10. The number of nitrogens with zero attached hydrogens (tertiary/aromatic N) is 1. The Hall–Kier alpha value is -1.29. The lowest BCUT2D eigenvalue weighted by atomic mass is 10.1.